The lowest BCUT2D eigenvalue weighted by molar-refractivity contribution is -0.118. The molecule has 5 heterocycles. The first kappa shape index (κ1) is 22.4. The fourth-order valence-electron chi connectivity index (χ4n) is 4.21. The fraction of sp³-hybridized carbons (Fsp3) is 0.435. The monoisotopic (exact) mass is 464 g/mol. The number of nitrogens with zero attached hydrogens (tertiary/aromatic N) is 6. The van der Waals surface area contributed by atoms with Crippen LogP contribution in [0.3, 0.4) is 0 Å². The van der Waals surface area contributed by atoms with Crippen LogP contribution in [0, 0.1) is 0 Å². The molecule has 11 nitrogen and oxygen atoms in total. The van der Waals surface area contributed by atoms with Crippen LogP contribution in [-0.2, 0) is 9.53 Å². The molecular weight excluding hydrogens is 436 g/mol. The number of nitrogens with one attached hydrogen (secondary N) is 2. The Kier molecular flexibility index (Phi) is 6.74. The molecule has 0 saturated carbocycles. The summed E-state index contributed by atoms with van der Waals surface area (Å²) in [4.78, 5) is 35.1. The van der Waals surface area contributed by atoms with Gasteiger partial charge in [-0.3, -0.25) is 14.7 Å². The summed E-state index contributed by atoms with van der Waals surface area (Å²) in [5.74, 6) is 2.36. The number of hydrogen-bond donors (Lipinski definition) is 2. The van der Waals surface area contributed by atoms with E-state index in [0.29, 0.717) is 42.7 Å². The number of hydrogen-bond acceptors (Lipinski definition) is 10. The summed E-state index contributed by atoms with van der Waals surface area (Å²) < 4.78 is 10.9. The minimum absolute atomic E-state index is 0.110. The minimum atomic E-state index is -0.110. The molecular formula is C23H28N8O3. The van der Waals surface area contributed by atoms with Crippen LogP contribution in [0.15, 0.2) is 30.7 Å². The van der Waals surface area contributed by atoms with Crippen molar-refractivity contribution in [3.8, 4) is 17.1 Å². The van der Waals surface area contributed by atoms with Crippen molar-refractivity contribution in [1.82, 2.24) is 30.2 Å². The zero-order valence-electron chi connectivity index (χ0n) is 19.2. The van der Waals surface area contributed by atoms with Crippen LogP contribution in [0.2, 0.25) is 0 Å². The standard InChI is InChI=1S/C23H28N8O3/c1-33-18-14-25-13-17-21(18)23(31-6-4-24-5-7-31)29-22(27-17)16-2-3-26-19(12-16)28-20(32)15-30-8-10-34-11-9-30/h2-3,12-14,24H,4-11,15H2,1H3,(H,26,28,32). The summed E-state index contributed by atoms with van der Waals surface area (Å²) in [6.45, 7) is 6.51. The Hall–Kier alpha value is -3.41. The highest BCUT2D eigenvalue weighted by atomic mass is 16.5. The first-order chi connectivity index (χ1) is 16.7. The Balaban J connectivity index is 1.45. The lowest BCUT2D eigenvalue weighted by Crippen LogP contribution is -2.44. The maximum atomic E-state index is 12.5. The number of piperazine rings is 1. The maximum absolute atomic E-state index is 12.5. The van der Waals surface area contributed by atoms with Crippen LogP contribution < -0.4 is 20.3 Å². The molecule has 1 amide bonds. The van der Waals surface area contributed by atoms with Crippen molar-refractivity contribution in [1.29, 1.82) is 0 Å². The molecule has 3 aromatic rings. The number of carbonyl (C=O) groups is 1. The van der Waals surface area contributed by atoms with Gasteiger partial charge in [0.2, 0.25) is 5.91 Å². The first-order valence-corrected chi connectivity index (χ1v) is 11.4. The molecule has 34 heavy (non-hydrogen) atoms. The molecule has 11 heteroatoms. The lowest BCUT2D eigenvalue weighted by Gasteiger charge is -2.29. The second-order valence-corrected chi connectivity index (χ2v) is 8.21. The Bertz CT molecular complexity index is 1160. The smallest absolute Gasteiger partial charge is 0.239 e. The van der Waals surface area contributed by atoms with E-state index in [1.165, 1.54) is 0 Å². The van der Waals surface area contributed by atoms with Crippen LogP contribution in [0.25, 0.3) is 22.3 Å². The van der Waals surface area contributed by atoms with E-state index in [4.69, 9.17) is 19.4 Å². The van der Waals surface area contributed by atoms with E-state index in [1.54, 1.807) is 31.8 Å². The molecule has 2 aliphatic rings. The highest BCUT2D eigenvalue weighted by molar-refractivity contribution is 5.96. The van der Waals surface area contributed by atoms with Crippen molar-refractivity contribution in [2.45, 2.75) is 0 Å². The van der Waals surface area contributed by atoms with Crippen molar-refractivity contribution in [3.05, 3.63) is 30.7 Å². The molecule has 3 aromatic heterocycles. The quantitative estimate of drug-likeness (QED) is 0.542. The molecule has 0 atom stereocenters. The third-order valence-corrected chi connectivity index (χ3v) is 5.95. The molecule has 178 valence electrons. The number of aromatic nitrogens is 4. The van der Waals surface area contributed by atoms with E-state index in [0.717, 1.165) is 56.0 Å². The molecule has 2 fully saturated rings. The lowest BCUT2D eigenvalue weighted by atomic mass is 10.2. The van der Waals surface area contributed by atoms with Crippen molar-refractivity contribution in [2.75, 3.05) is 76.4 Å². The van der Waals surface area contributed by atoms with E-state index in [-0.39, 0.29) is 5.91 Å². The summed E-state index contributed by atoms with van der Waals surface area (Å²) in [5.41, 5.74) is 1.46. The number of methoxy groups -OCH3 is 1. The van der Waals surface area contributed by atoms with E-state index in [1.807, 2.05) is 6.07 Å². The van der Waals surface area contributed by atoms with Crippen LogP contribution in [-0.4, -0.2) is 96.9 Å². The van der Waals surface area contributed by atoms with E-state index >= 15 is 0 Å². The predicted octanol–water partition coefficient (Wildman–Crippen LogP) is 0.776. The topological polar surface area (TPSA) is 118 Å². The molecule has 2 aliphatic heterocycles. The number of amides is 1. The molecule has 0 aliphatic carbocycles. The van der Waals surface area contributed by atoms with Crippen LogP contribution in [0.1, 0.15) is 0 Å². The molecule has 0 unspecified atom stereocenters. The van der Waals surface area contributed by atoms with Crippen molar-refractivity contribution >= 4 is 28.4 Å². The summed E-state index contributed by atoms with van der Waals surface area (Å²) in [6, 6.07) is 3.64. The molecule has 0 bridgehead atoms. The highest BCUT2D eigenvalue weighted by Gasteiger charge is 2.21. The Labute approximate surface area is 197 Å². The summed E-state index contributed by atoms with van der Waals surface area (Å²) in [6.07, 6.45) is 5.06. The third kappa shape index (κ3) is 4.91. The van der Waals surface area contributed by atoms with Gasteiger partial charge in [0.05, 0.1) is 50.2 Å². The minimum Gasteiger partial charge on any atom is -0.494 e. The number of fused-ring (bicyclic) bond motifs is 1. The van der Waals surface area contributed by atoms with E-state index in [9.17, 15) is 4.79 Å². The Morgan fingerprint density at radius 2 is 2.00 bits per heavy atom. The van der Waals surface area contributed by atoms with Crippen molar-refractivity contribution < 1.29 is 14.3 Å². The van der Waals surface area contributed by atoms with Gasteiger partial charge in [-0.2, -0.15) is 0 Å². The normalized spacial score (nSPS) is 17.0. The van der Waals surface area contributed by atoms with Gasteiger partial charge in [0.25, 0.3) is 0 Å². The number of anilines is 2. The molecule has 2 N–H and O–H groups in total. The third-order valence-electron chi connectivity index (χ3n) is 5.95. The first-order valence-electron chi connectivity index (χ1n) is 11.4. The average molecular weight is 465 g/mol. The number of pyridine rings is 2. The average Bonchev–Trinajstić information content (AvgIpc) is 2.89. The SMILES string of the molecule is COc1cncc2nc(-c3ccnc(NC(=O)CN4CCOCC4)c3)nc(N3CCNCC3)c12. The highest BCUT2D eigenvalue weighted by Crippen LogP contribution is 2.34. The largest absolute Gasteiger partial charge is 0.494 e. The van der Waals surface area contributed by atoms with Crippen LogP contribution in [0.4, 0.5) is 11.6 Å². The second-order valence-electron chi connectivity index (χ2n) is 8.21. The van der Waals surface area contributed by atoms with Gasteiger partial charge in [0.15, 0.2) is 5.82 Å². The van der Waals surface area contributed by atoms with Gasteiger partial charge in [-0.1, -0.05) is 0 Å². The Morgan fingerprint density at radius 1 is 1.18 bits per heavy atom. The van der Waals surface area contributed by atoms with Crippen molar-refractivity contribution in [2.24, 2.45) is 0 Å². The molecule has 5 rings (SSSR count). The Morgan fingerprint density at radius 3 is 2.79 bits per heavy atom. The molecule has 0 spiro atoms. The summed E-state index contributed by atoms with van der Waals surface area (Å²) in [7, 11) is 1.63. The fourth-order valence-corrected chi connectivity index (χ4v) is 4.21. The van der Waals surface area contributed by atoms with Crippen LogP contribution in [0.5, 0.6) is 5.75 Å². The van der Waals surface area contributed by atoms with Gasteiger partial charge in [-0.05, 0) is 12.1 Å². The number of rotatable bonds is 6. The zero-order chi connectivity index (χ0) is 23.3. The van der Waals surface area contributed by atoms with Crippen LogP contribution >= 0.6 is 0 Å². The molecule has 0 radical (unpaired) electrons. The van der Waals surface area contributed by atoms with Gasteiger partial charge in [0, 0.05) is 51.0 Å². The second kappa shape index (κ2) is 10.2. The number of morpholine rings is 1. The number of carbonyl (C=O) groups excluding carboxylic acids is 1. The summed E-state index contributed by atoms with van der Waals surface area (Å²) >= 11 is 0. The van der Waals surface area contributed by atoms with Gasteiger partial charge >= 0.3 is 0 Å². The zero-order valence-corrected chi connectivity index (χ0v) is 19.2. The predicted molar refractivity (Wildman–Crippen MR) is 128 cm³/mol. The van der Waals surface area contributed by atoms with Gasteiger partial charge < -0.3 is 25.0 Å². The summed E-state index contributed by atoms with van der Waals surface area (Å²) in [5, 5.41) is 7.11. The van der Waals surface area contributed by atoms with E-state index in [2.05, 4.69) is 30.4 Å². The van der Waals surface area contributed by atoms with Gasteiger partial charge in [-0.25, -0.2) is 15.0 Å². The van der Waals surface area contributed by atoms with E-state index < -0.39 is 0 Å². The van der Waals surface area contributed by atoms with Gasteiger partial charge in [0.1, 0.15) is 17.4 Å². The molecule has 0 aromatic carbocycles. The maximum Gasteiger partial charge on any atom is 0.239 e. The van der Waals surface area contributed by atoms with Gasteiger partial charge in [-0.15, -0.1) is 0 Å². The van der Waals surface area contributed by atoms with Crippen molar-refractivity contribution in [3.63, 3.8) is 0 Å². The number of ether oxygens (including phenoxy) is 2. The molecule has 2 saturated heterocycles.